The van der Waals surface area contributed by atoms with E-state index in [9.17, 15) is 0 Å². The molecule has 0 spiro atoms. The van der Waals surface area contributed by atoms with Gasteiger partial charge in [0.05, 0.1) is 12.0 Å². The zero-order chi connectivity index (χ0) is 6.20. The van der Waals surface area contributed by atoms with Crippen LogP contribution in [0, 0.1) is 0 Å². The Bertz CT molecular complexity index is 130. The van der Waals surface area contributed by atoms with Gasteiger partial charge in [-0.15, -0.1) is 0 Å². The summed E-state index contributed by atoms with van der Waals surface area (Å²) >= 11 is 11.7. The van der Waals surface area contributed by atoms with Crippen LogP contribution in [-0.4, -0.2) is 6.16 Å². The van der Waals surface area contributed by atoms with Gasteiger partial charge in [-0.1, -0.05) is 0 Å². The largest absolute Gasteiger partial charge is 1.00 e. The first kappa shape index (κ1) is 10.0. The molecule has 0 atom stereocenters. The number of hydrogen-bond donors (Lipinski definition) is 0. The summed E-state index contributed by atoms with van der Waals surface area (Å²) in [6, 6.07) is 0. The molecule has 0 aromatic heterocycles. The molecule has 0 saturated heterocycles. The minimum Gasteiger partial charge on any atom is -1.00 e. The standard InChI is InChI=1S/C5H8Cl2P.ClH/c1-5-2-3-8(6,7)4-5;/h4H,2-3H2,1H3;1H/q+1;/p-1. The molecule has 0 fully saturated rings. The zero-order valence-electron chi connectivity index (χ0n) is 5.07. The van der Waals surface area contributed by atoms with Crippen LogP contribution in [0.25, 0.3) is 0 Å². The summed E-state index contributed by atoms with van der Waals surface area (Å²) in [5, 5.41) is 0. The second kappa shape index (κ2) is 3.44. The highest BCUT2D eigenvalue weighted by Crippen LogP contribution is 2.74. The predicted octanol–water partition coefficient (Wildman–Crippen LogP) is 0.623. The monoisotopic (exact) mass is 204 g/mol. The van der Waals surface area contributed by atoms with Crippen LogP contribution >= 0.6 is 28.4 Å². The van der Waals surface area contributed by atoms with Gasteiger partial charge in [0.2, 0.25) is 5.97 Å². The van der Waals surface area contributed by atoms with Crippen molar-refractivity contribution < 1.29 is 12.4 Å². The summed E-state index contributed by atoms with van der Waals surface area (Å²) in [5.41, 5.74) is 1.35. The lowest BCUT2D eigenvalue weighted by molar-refractivity contribution is -0.00000158. The lowest BCUT2D eigenvalue weighted by atomic mass is 10.3. The van der Waals surface area contributed by atoms with Gasteiger partial charge < -0.3 is 12.4 Å². The second-order valence-corrected chi connectivity index (χ2v) is 8.34. The summed E-state index contributed by atoms with van der Waals surface area (Å²) in [5.74, 6) is 0.457. The van der Waals surface area contributed by atoms with E-state index in [1.807, 2.05) is 5.82 Å². The zero-order valence-corrected chi connectivity index (χ0v) is 8.23. The van der Waals surface area contributed by atoms with Crippen molar-refractivity contribution in [3.63, 3.8) is 0 Å². The van der Waals surface area contributed by atoms with E-state index in [4.69, 9.17) is 22.5 Å². The first-order chi connectivity index (χ1) is 3.60. The Labute approximate surface area is 71.9 Å². The molecule has 1 aliphatic rings. The molecule has 0 aliphatic carbocycles. The number of hydrogen-bond acceptors (Lipinski definition) is 0. The number of rotatable bonds is 0. The number of allylic oxidation sites excluding steroid dienone is 1. The maximum Gasteiger partial charge on any atom is 0.236 e. The van der Waals surface area contributed by atoms with Crippen molar-refractivity contribution in [2.75, 3.05) is 6.16 Å². The fourth-order valence-electron chi connectivity index (χ4n) is 0.777. The SMILES string of the molecule is CC1=C[P+](Cl)(Cl)CC1.[Cl-]. The highest BCUT2D eigenvalue weighted by atomic mass is 35.9. The van der Waals surface area contributed by atoms with Crippen LogP contribution in [0.4, 0.5) is 0 Å². The van der Waals surface area contributed by atoms with Crippen LogP contribution in [0.3, 0.4) is 0 Å². The molecule has 0 N–H and O–H groups in total. The fraction of sp³-hybridized carbons (Fsp3) is 0.600. The molecular formula is C5H8Cl3P. The number of halogens is 3. The molecule has 1 heterocycles. The highest BCUT2D eigenvalue weighted by Gasteiger charge is 2.36. The first-order valence-electron chi connectivity index (χ1n) is 2.55. The van der Waals surface area contributed by atoms with E-state index in [0.29, 0.717) is 0 Å². The maximum atomic E-state index is 5.86. The van der Waals surface area contributed by atoms with Crippen molar-refractivity contribution in [3.8, 4) is 0 Å². The molecule has 0 saturated carbocycles. The van der Waals surface area contributed by atoms with Gasteiger partial charge in [-0.25, -0.2) is 0 Å². The Morgan fingerprint density at radius 1 is 1.56 bits per heavy atom. The Morgan fingerprint density at radius 2 is 2.11 bits per heavy atom. The molecule has 0 radical (unpaired) electrons. The third-order valence-electron chi connectivity index (χ3n) is 1.21. The second-order valence-electron chi connectivity index (χ2n) is 2.13. The predicted molar refractivity (Wildman–Crippen MR) is 41.9 cm³/mol. The van der Waals surface area contributed by atoms with Gasteiger partial charge in [-0.05, 0) is 12.5 Å². The summed E-state index contributed by atoms with van der Waals surface area (Å²) in [7, 11) is 0. The normalized spacial score (nSPS) is 22.8. The van der Waals surface area contributed by atoms with Crippen LogP contribution in [0.15, 0.2) is 11.4 Å². The molecule has 0 amide bonds. The smallest absolute Gasteiger partial charge is 0.236 e. The van der Waals surface area contributed by atoms with E-state index < -0.39 is 5.97 Å². The van der Waals surface area contributed by atoms with Crippen molar-refractivity contribution in [1.29, 1.82) is 0 Å². The van der Waals surface area contributed by atoms with E-state index in [1.165, 1.54) is 5.57 Å². The topological polar surface area (TPSA) is 0 Å². The molecule has 0 unspecified atom stereocenters. The lowest BCUT2D eigenvalue weighted by Crippen LogP contribution is -3.00. The van der Waals surface area contributed by atoms with Gasteiger partial charge in [0.15, 0.2) is 0 Å². The van der Waals surface area contributed by atoms with Crippen LogP contribution in [0.2, 0.25) is 0 Å². The molecule has 0 aromatic rings. The fourth-order valence-corrected chi connectivity index (χ4v) is 3.84. The minimum absolute atomic E-state index is 0. The van der Waals surface area contributed by atoms with E-state index in [2.05, 4.69) is 6.92 Å². The molecular weight excluding hydrogens is 197 g/mol. The van der Waals surface area contributed by atoms with E-state index in [1.54, 1.807) is 0 Å². The third kappa shape index (κ3) is 3.09. The van der Waals surface area contributed by atoms with Gasteiger partial charge in [0.25, 0.3) is 0 Å². The molecule has 0 bridgehead atoms. The van der Waals surface area contributed by atoms with Crippen molar-refractivity contribution in [3.05, 3.63) is 11.4 Å². The average molecular weight is 205 g/mol. The van der Waals surface area contributed by atoms with Crippen LogP contribution in [0.1, 0.15) is 13.3 Å². The van der Waals surface area contributed by atoms with Crippen LogP contribution in [0.5, 0.6) is 0 Å². The van der Waals surface area contributed by atoms with Crippen molar-refractivity contribution >= 4 is 28.4 Å². The lowest BCUT2D eigenvalue weighted by Gasteiger charge is -1.91. The quantitative estimate of drug-likeness (QED) is 0.509. The first-order valence-corrected chi connectivity index (χ1v) is 6.41. The Morgan fingerprint density at radius 3 is 2.22 bits per heavy atom. The van der Waals surface area contributed by atoms with E-state index in [-0.39, 0.29) is 12.4 Å². The van der Waals surface area contributed by atoms with Crippen molar-refractivity contribution in [2.24, 2.45) is 0 Å². The van der Waals surface area contributed by atoms with Gasteiger partial charge in [-0.3, -0.25) is 0 Å². The minimum atomic E-state index is -1.57. The molecule has 54 valence electrons. The van der Waals surface area contributed by atoms with Crippen molar-refractivity contribution in [2.45, 2.75) is 13.3 Å². The molecule has 0 aromatic carbocycles. The van der Waals surface area contributed by atoms with E-state index in [0.717, 1.165) is 12.6 Å². The summed E-state index contributed by atoms with van der Waals surface area (Å²) in [6.45, 7) is 2.08. The Kier molecular flexibility index (Phi) is 3.83. The molecule has 1 rings (SSSR count). The van der Waals surface area contributed by atoms with Crippen LogP contribution in [-0.2, 0) is 0 Å². The summed E-state index contributed by atoms with van der Waals surface area (Å²) in [6.07, 6.45) is 2.09. The van der Waals surface area contributed by atoms with Gasteiger partial charge in [0.1, 0.15) is 22.5 Å². The molecule has 0 nitrogen and oxygen atoms in total. The summed E-state index contributed by atoms with van der Waals surface area (Å²) in [4.78, 5) is 0. The third-order valence-corrected chi connectivity index (χ3v) is 4.45. The highest BCUT2D eigenvalue weighted by molar-refractivity contribution is 8.19. The van der Waals surface area contributed by atoms with Gasteiger partial charge in [0, 0.05) is 6.42 Å². The molecule has 9 heavy (non-hydrogen) atoms. The van der Waals surface area contributed by atoms with Gasteiger partial charge in [-0.2, -0.15) is 0 Å². The van der Waals surface area contributed by atoms with Gasteiger partial charge >= 0.3 is 0 Å². The molecule has 4 heteroatoms. The Balaban J connectivity index is 0.000000640. The average Bonchev–Trinajstić information content (AvgIpc) is 1.82. The maximum absolute atomic E-state index is 5.86. The Hall–Kier alpha value is 1.04. The summed E-state index contributed by atoms with van der Waals surface area (Å²) < 4.78 is 0. The van der Waals surface area contributed by atoms with E-state index >= 15 is 0 Å². The van der Waals surface area contributed by atoms with Crippen LogP contribution < -0.4 is 12.4 Å². The molecule has 1 aliphatic heterocycles. The van der Waals surface area contributed by atoms with Crippen molar-refractivity contribution in [1.82, 2.24) is 0 Å².